The zero-order chi connectivity index (χ0) is 15.2. The van der Waals surface area contributed by atoms with Gasteiger partial charge in [0.05, 0.1) is 13.2 Å². The zero-order valence-corrected chi connectivity index (χ0v) is 13.5. The first-order chi connectivity index (χ1) is 10.6. The van der Waals surface area contributed by atoms with Crippen molar-refractivity contribution in [2.24, 2.45) is 11.3 Å². The zero-order valence-electron chi connectivity index (χ0n) is 12.7. The Kier molecular flexibility index (Phi) is 3.46. The third-order valence-electron chi connectivity index (χ3n) is 5.93. The highest BCUT2D eigenvalue weighted by Gasteiger charge is 2.51. The Bertz CT molecular complexity index is 585. The van der Waals surface area contributed by atoms with Crippen molar-refractivity contribution in [3.63, 3.8) is 0 Å². The third-order valence-corrected chi connectivity index (χ3v) is 6.16. The normalized spacial score (nSPS) is 29.3. The van der Waals surface area contributed by atoms with Crippen LogP contribution in [0.2, 0.25) is 5.02 Å². The Morgan fingerprint density at radius 1 is 1.32 bits per heavy atom. The highest BCUT2D eigenvalue weighted by atomic mass is 35.5. The number of benzene rings is 1. The van der Waals surface area contributed by atoms with E-state index in [1.165, 1.54) is 19.3 Å². The molecular formula is C18H22ClNO2. The minimum atomic E-state index is -0.377. The van der Waals surface area contributed by atoms with E-state index in [2.05, 4.69) is 5.32 Å². The molecule has 3 fully saturated rings. The number of carbonyl (C=O) groups is 1. The first-order valence-corrected chi connectivity index (χ1v) is 8.67. The lowest BCUT2D eigenvalue weighted by molar-refractivity contribution is -0.159. The largest absolute Gasteiger partial charge is 0.368 e. The van der Waals surface area contributed by atoms with Crippen molar-refractivity contribution in [1.82, 2.24) is 5.32 Å². The summed E-state index contributed by atoms with van der Waals surface area (Å²) < 4.78 is 5.84. The number of amides is 1. The van der Waals surface area contributed by atoms with Gasteiger partial charge in [0.15, 0.2) is 0 Å². The van der Waals surface area contributed by atoms with Crippen LogP contribution in [0.1, 0.15) is 44.1 Å². The Morgan fingerprint density at radius 2 is 2.09 bits per heavy atom. The second kappa shape index (κ2) is 5.24. The molecule has 118 valence electrons. The molecule has 2 aliphatic carbocycles. The predicted octanol–water partition coefficient (Wildman–Crippen LogP) is 3.65. The van der Waals surface area contributed by atoms with Crippen LogP contribution in [-0.2, 0) is 15.1 Å². The lowest BCUT2D eigenvalue weighted by Gasteiger charge is -2.53. The number of carbonyl (C=O) groups excluding carboxylic acids is 1. The molecule has 1 aromatic rings. The van der Waals surface area contributed by atoms with Crippen LogP contribution in [0.4, 0.5) is 0 Å². The van der Waals surface area contributed by atoms with Gasteiger partial charge in [-0.15, -0.1) is 0 Å². The molecule has 1 aliphatic heterocycles. The van der Waals surface area contributed by atoms with Crippen LogP contribution >= 0.6 is 11.6 Å². The molecule has 1 spiro atoms. The number of halogens is 1. The molecule has 1 saturated heterocycles. The maximum atomic E-state index is 12.3. The molecule has 3 nitrogen and oxygen atoms in total. The van der Waals surface area contributed by atoms with E-state index in [-0.39, 0.29) is 17.4 Å². The van der Waals surface area contributed by atoms with E-state index in [1.54, 1.807) is 0 Å². The molecule has 2 saturated carbocycles. The number of ether oxygens (including phenoxy) is 1. The van der Waals surface area contributed by atoms with Gasteiger partial charge in [-0.05, 0) is 48.8 Å². The van der Waals surface area contributed by atoms with Crippen LogP contribution in [0, 0.1) is 11.3 Å². The molecule has 4 rings (SSSR count). The van der Waals surface area contributed by atoms with E-state index >= 15 is 0 Å². The van der Waals surface area contributed by atoms with E-state index in [1.807, 2.05) is 24.3 Å². The van der Waals surface area contributed by atoms with Crippen molar-refractivity contribution in [1.29, 1.82) is 0 Å². The molecule has 0 radical (unpaired) electrons. The molecule has 1 amide bonds. The average molecular weight is 320 g/mol. The quantitative estimate of drug-likeness (QED) is 0.920. The van der Waals surface area contributed by atoms with Gasteiger partial charge in [-0.1, -0.05) is 30.2 Å². The van der Waals surface area contributed by atoms with Crippen LogP contribution in [0.15, 0.2) is 24.3 Å². The minimum absolute atomic E-state index is 0.203. The van der Waals surface area contributed by atoms with E-state index in [4.69, 9.17) is 16.3 Å². The number of hydrogen-bond acceptors (Lipinski definition) is 2. The van der Waals surface area contributed by atoms with Crippen molar-refractivity contribution >= 4 is 17.5 Å². The van der Waals surface area contributed by atoms with Crippen molar-refractivity contribution in [3.05, 3.63) is 34.9 Å². The fourth-order valence-electron chi connectivity index (χ4n) is 4.22. The smallest absolute Gasteiger partial charge is 0.223 e. The Hall–Kier alpha value is -1.06. The van der Waals surface area contributed by atoms with Gasteiger partial charge in [0.1, 0.15) is 5.60 Å². The van der Waals surface area contributed by atoms with Crippen molar-refractivity contribution in [3.8, 4) is 0 Å². The predicted molar refractivity (Wildman–Crippen MR) is 85.7 cm³/mol. The second-order valence-corrected chi connectivity index (χ2v) is 7.72. The standard InChI is InChI=1S/C18H22ClNO2/c19-15-4-1-3-14(9-15)18(7-8-22-18)12-20-16(21)13-10-17(11-13)5-2-6-17/h1,3-4,9,13H,2,5-8,10-12H2,(H,20,21). The maximum absolute atomic E-state index is 12.3. The van der Waals surface area contributed by atoms with Gasteiger partial charge in [0, 0.05) is 17.4 Å². The molecule has 0 aromatic heterocycles. The maximum Gasteiger partial charge on any atom is 0.223 e. The topological polar surface area (TPSA) is 38.3 Å². The first kappa shape index (κ1) is 14.5. The van der Waals surface area contributed by atoms with Crippen LogP contribution in [0.25, 0.3) is 0 Å². The van der Waals surface area contributed by atoms with Crippen LogP contribution in [0.5, 0.6) is 0 Å². The number of rotatable bonds is 4. The van der Waals surface area contributed by atoms with E-state index in [0.717, 1.165) is 31.4 Å². The van der Waals surface area contributed by atoms with E-state index in [9.17, 15) is 4.79 Å². The molecule has 22 heavy (non-hydrogen) atoms. The summed E-state index contributed by atoms with van der Waals surface area (Å²) in [6, 6.07) is 7.78. The lowest BCUT2D eigenvalue weighted by atomic mass is 9.51. The minimum Gasteiger partial charge on any atom is -0.368 e. The summed E-state index contributed by atoms with van der Waals surface area (Å²) in [6.45, 7) is 1.30. The first-order valence-electron chi connectivity index (χ1n) is 8.29. The molecule has 3 aliphatic rings. The Morgan fingerprint density at radius 3 is 2.64 bits per heavy atom. The highest BCUT2D eigenvalue weighted by Crippen LogP contribution is 2.58. The second-order valence-electron chi connectivity index (χ2n) is 7.28. The van der Waals surface area contributed by atoms with Gasteiger partial charge in [0.25, 0.3) is 0 Å². The molecule has 1 heterocycles. The summed E-state index contributed by atoms with van der Waals surface area (Å²) in [6.07, 6.45) is 7.11. The van der Waals surface area contributed by atoms with Crippen LogP contribution in [-0.4, -0.2) is 19.1 Å². The SMILES string of the molecule is O=C(NCC1(c2cccc(Cl)c2)CCO1)C1CC2(CCC2)C1. The van der Waals surface area contributed by atoms with Crippen molar-refractivity contribution in [2.75, 3.05) is 13.2 Å². The molecule has 1 atom stereocenters. The molecule has 1 N–H and O–H groups in total. The molecule has 0 bridgehead atoms. The summed E-state index contributed by atoms with van der Waals surface area (Å²) in [5.74, 6) is 0.422. The van der Waals surface area contributed by atoms with Gasteiger partial charge in [-0.25, -0.2) is 0 Å². The Balaban J connectivity index is 1.36. The fourth-order valence-corrected chi connectivity index (χ4v) is 4.41. The van der Waals surface area contributed by atoms with Gasteiger partial charge in [-0.2, -0.15) is 0 Å². The van der Waals surface area contributed by atoms with Gasteiger partial charge < -0.3 is 10.1 Å². The summed E-state index contributed by atoms with van der Waals surface area (Å²) >= 11 is 6.09. The summed E-state index contributed by atoms with van der Waals surface area (Å²) in [7, 11) is 0. The third kappa shape index (κ3) is 2.35. The lowest BCUT2D eigenvalue weighted by Crippen LogP contribution is -2.54. The van der Waals surface area contributed by atoms with Gasteiger partial charge in [0.2, 0.25) is 5.91 Å². The monoisotopic (exact) mass is 319 g/mol. The van der Waals surface area contributed by atoms with Crippen LogP contribution < -0.4 is 5.32 Å². The number of hydrogen-bond donors (Lipinski definition) is 1. The molecule has 4 heteroatoms. The Labute approximate surface area is 136 Å². The van der Waals surface area contributed by atoms with Crippen molar-refractivity contribution < 1.29 is 9.53 Å². The highest BCUT2D eigenvalue weighted by molar-refractivity contribution is 6.30. The van der Waals surface area contributed by atoms with Gasteiger partial charge in [-0.3, -0.25) is 4.79 Å². The molecule has 1 unspecified atom stereocenters. The number of nitrogens with one attached hydrogen (secondary N) is 1. The molecular weight excluding hydrogens is 298 g/mol. The summed E-state index contributed by atoms with van der Waals surface area (Å²) in [4.78, 5) is 12.3. The van der Waals surface area contributed by atoms with Crippen LogP contribution in [0.3, 0.4) is 0 Å². The van der Waals surface area contributed by atoms with Gasteiger partial charge >= 0.3 is 0 Å². The summed E-state index contributed by atoms with van der Waals surface area (Å²) in [5, 5.41) is 3.84. The van der Waals surface area contributed by atoms with E-state index < -0.39 is 0 Å². The average Bonchev–Trinajstić information content (AvgIpc) is 2.34. The van der Waals surface area contributed by atoms with Crippen molar-refractivity contribution in [2.45, 2.75) is 44.1 Å². The summed E-state index contributed by atoms with van der Waals surface area (Å²) in [5.41, 5.74) is 1.23. The van der Waals surface area contributed by atoms with E-state index in [0.29, 0.717) is 17.0 Å². The molecule has 1 aromatic carbocycles. The fraction of sp³-hybridized carbons (Fsp3) is 0.611.